The summed E-state index contributed by atoms with van der Waals surface area (Å²) >= 11 is 0. The normalized spacial score (nSPS) is 28.8. The maximum absolute atomic E-state index is 12.3. The van der Waals surface area contributed by atoms with Crippen LogP contribution >= 0.6 is 0 Å². The van der Waals surface area contributed by atoms with Gasteiger partial charge in [-0.3, -0.25) is 9.59 Å². The highest BCUT2D eigenvalue weighted by Gasteiger charge is 2.33. The van der Waals surface area contributed by atoms with Crippen LogP contribution in [0.5, 0.6) is 0 Å². The molecule has 1 unspecified atom stereocenters. The van der Waals surface area contributed by atoms with Gasteiger partial charge in [0.15, 0.2) is 0 Å². The predicted octanol–water partition coefficient (Wildman–Crippen LogP) is 2.23. The highest BCUT2D eigenvalue weighted by molar-refractivity contribution is 5.87. The van der Waals surface area contributed by atoms with Crippen LogP contribution in [0.25, 0.3) is 0 Å². The molecule has 2 amide bonds. The first-order valence-electron chi connectivity index (χ1n) is 10.6. The van der Waals surface area contributed by atoms with E-state index in [9.17, 15) is 14.4 Å². The second-order valence-corrected chi connectivity index (χ2v) is 8.06. The molecule has 8 heteroatoms. The Hall–Kier alpha value is -2.19. The summed E-state index contributed by atoms with van der Waals surface area (Å²) in [5, 5.41) is 2.98. The molecular formula is C22H34N2O6. The van der Waals surface area contributed by atoms with Gasteiger partial charge >= 0.3 is 6.09 Å². The van der Waals surface area contributed by atoms with E-state index in [0.717, 1.165) is 12.7 Å². The van der Waals surface area contributed by atoms with Crippen LogP contribution < -0.4 is 5.32 Å². The van der Waals surface area contributed by atoms with E-state index in [4.69, 9.17) is 14.2 Å². The molecule has 2 aliphatic rings. The van der Waals surface area contributed by atoms with Crippen molar-refractivity contribution in [1.82, 2.24) is 10.2 Å². The van der Waals surface area contributed by atoms with Crippen LogP contribution in [0.2, 0.25) is 0 Å². The van der Waals surface area contributed by atoms with Crippen molar-refractivity contribution in [2.24, 2.45) is 5.92 Å². The second kappa shape index (κ2) is 11.9. The molecule has 8 nitrogen and oxygen atoms in total. The topological polar surface area (TPSA) is 94.2 Å². The minimum absolute atomic E-state index is 0.0261. The number of allylic oxidation sites excluding steroid dienone is 1. The second-order valence-electron chi connectivity index (χ2n) is 8.06. The fraction of sp³-hybridized carbons (Fsp3) is 0.682. The zero-order valence-corrected chi connectivity index (χ0v) is 18.3. The van der Waals surface area contributed by atoms with Crippen LogP contribution in [0.1, 0.15) is 40.5 Å². The van der Waals surface area contributed by atoms with Gasteiger partial charge in [-0.15, -0.1) is 0 Å². The Morgan fingerprint density at radius 1 is 1.27 bits per heavy atom. The van der Waals surface area contributed by atoms with Crippen LogP contribution in [-0.2, 0) is 23.8 Å². The number of carbonyl (C=O) groups excluding carboxylic acids is 3. The molecule has 0 aromatic rings. The standard InChI is InChI=1S/C22H34N2O6/c1-15(14-25)5-7-20-16(2)13-19(18(4)30-20)23-21(26)8-6-17(3)29-22(27)24-9-11-28-12-10-24/h5-6,8,14,16-20H,7,9-13H2,1-4H3,(H,23,26)/t16-,17?,18+,19+,20-/m0/s1. The molecule has 2 heterocycles. The molecule has 0 saturated carbocycles. The van der Waals surface area contributed by atoms with Crippen LogP contribution in [-0.4, -0.2) is 73.8 Å². The first kappa shape index (κ1) is 24.1. The number of hydrogen-bond acceptors (Lipinski definition) is 6. The van der Waals surface area contributed by atoms with Gasteiger partial charge in [-0.1, -0.05) is 13.0 Å². The molecule has 0 radical (unpaired) electrons. The van der Waals surface area contributed by atoms with E-state index in [1.165, 1.54) is 6.08 Å². The summed E-state index contributed by atoms with van der Waals surface area (Å²) in [6.45, 7) is 9.57. The molecule has 0 bridgehead atoms. The molecule has 2 fully saturated rings. The van der Waals surface area contributed by atoms with Crippen LogP contribution in [0.4, 0.5) is 4.79 Å². The van der Waals surface area contributed by atoms with Gasteiger partial charge in [0.1, 0.15) is 12.4 Å². The third-order valence-electron chi connectivity index (χ3n) is 5.48. The number of nitrogens with one attached hydrogen (secondary N) is 1. The van der Waals surface area contributed by atoms with Gasteiger partial charge in [0, 0.05) is 19.2 Å². The quantitative estimate of drug-likeness (QED) is 0.499. The van der Waals surface area contributed by atoms with Crippen molar-refractivity contribution in [2.75, 3.05) is 26.3 Å². The lowest BCUT2D eigenvalue weighted by atomic mass is 9.88. The summed E-state index contributed by atoms with van der Waals surface area (Å²) in [6.07, 6.45) is 6.16. The van der Waals surface area contributed by atoms with Crippen molar-refractivity contribution in [3.8, 4) is 0 Å². The van der Waals surface area contributed by atoms with Gasteiger partial charge in [0.05, 0.1) is 31.5 Å². The third-order valence-corrected chi connectivity index (χ3v) is 5.48. The molecule has 0 spiro atoms. The molecule has 5 atom stereocenters. The van der Waals surface area contributed by atoms with E-state index < -0.39 is 12.2 Å². The Labute approximate surface area is 178 Å². The summed E-state index contributed by atoms with van der Waals surface area (Å²) < 4.78 is 16.6. The van der Waals surface area contributed by atoms with Crippen LogP contribution in [0.3, 0.4) is 0 Å². The molecule has 30 heavy (non-hydrogen) atoms. The van der Waals surface area contributed by atoms with Crippen LogP contribution in [0, 0.1) is 5.92 Å². The van der Waals surface area contributed by atoms with Gasteiger partial charge < -0.3 is 24.4 Å². The molecule has 0 aromatic heterocycles. The Kier molecular flexibility index (Phi) is 9.52. The third kappa shape index (κ3) is 7.57. The fourth-order valence-corrected chi connectivity index (χ4v) is 3.54. The van der Waals surface area contributed by atoms with E-state index in [1.807, 2.05) is 13.0 Å². The molecule has 168 valence electrons. The molecule has 1 N–H and O–H groups in total. The Balaban J connectivity index is 1.78. The van der Waals surface area contributed by atoms with E-state index in [0.29, 0.717) is 38.3 Å². The maximum atomic E-state index is 12.3. The zero-order valence-electron chi connectivity index (χ0n) is 18.3. The summed E-state index contributed by atoms with van der Waals surface area (Å²) in [7, 11) is 0. The lowest BCUT2D eigenvalue weighted by Crippen LogP contribution is -2.50. The molecule has 2 aliphatic heterocycles. The predicted molar refractivity (Wildman–Crippen MR) is 112 cm³/mol. The van der Waals surface area contributed by atoms with Gasteiger partial charge in [-0.2, -0.15) is 0 Å². The Morgan fingerprint density at radius 3 is 2.63 bits per heavy atom. The number of morpholine rings is 1. The number of hydrogen-bond donors (Lipinski definition) is 1. The molecular weight excluding hydrogens is 388 g/mol. The van der Waals surface area contributed by atoms with E-state index >= 15 is 0 Å². The summed E-state index contributed by atoms with van der Waals surface area (Å²) in [5.41, 5.74) is 0.697. The number of carbonyl (C=O) groups is 3. The average Bonchev–Trinajstić information content (AvgIpc) is 2.74. The minimum Gasteiger partial charge on any atom is -0.442 e. The lowest BCUT2D eigenvalue weighted by Gasteiger charge is -2.39. The molecule has 2 saturated heterocycles. The average molecular weight is 423 g/mol. The number of rotatable bonds is 7. The summed E-state index contributed by atoms with van der Waals surface area (Å²) in [6, 6.07) is -0.101. The van der Waals surface area contributed by atoms with E-state index in [1.54, 1.807) is 24.8 Å². The monoisotopic (exact) mass is 422 g/mol. The van der Waals surface area contributed by atoms with Gasteiger partial charge in [0.2, 0.25) is 5.91 Å². The Bertz CT molecular complexity index is 656. The first-order valence-corrected chi connectivity index (χ1v) is 10.6. The number of amides is 2. The zero-order chi connectivity index (χ0) is 22.1. The first-order chi connectivity index (χ1) is 14.3. The van der Waals surface area contributed by atoms with Crippen molar-refractivity contribution in [3.63, 3.8) is 0 Å². The number of aldehydes is 1. The van der Waals surface area contributed by atoms with Crippen molar-refractivity contribution in [2.45, 2.75) is 64.9 Å². The molecule has 2 rings (SSSR count). The van der Waals surface area contributed by atoms with Gasteiger partial charge in [-0.05, 0) is 51.2 Å². The van der Waals surface area contributed by atoms with Crippen molar-refractivity contribution in [3.05, 3.63) is 23.8 Å². The number of nitrogens with zero attached hydrogens (tertiary/aromatic N) is 1. The highest BCUT2D eigenvalue weighted by atomic mass is 16.6. The van der Waals surface area contributed by atoms with Gasteiger partial charge in [0.25, 0.3) is 0 Å². The summed E-state index contributed by atoms with van der Waals surface area (Å²) in [5.74, 6) is 0.00616. The van der Waals surface area contributed by atoms with E-state index in [-0.39, 0.29) is 30.1 Å². The van der Waals surface area contributed by atoms with Gasteiger partial charge in [-0.25, -0.2) is 4.79 Å². The van der Waals surface area contributed by atoms with Crippen molar-refractivity contribution < 1.29 is 28.6 Å². The smallest absolute Gasteiger partial charge is 0.410 e. The maximum Gasteiger partial charge on any atom is 0.410 e. The lowest BCUT2D eigenvalue weighted by molar-refractivity contribution is -0.123. The van der Waals surface area contributed by atoms with E-state index in [2.05, 4.69) is 12.2 Å². The molecule has 0 aromatic carbocycles. The number of ether oxygens (including phenoxy) is 3. The van der Waals surface area contributed by atoms with Crippen molar-refractivity contribution in [1.29, 1.82) is 0 Å². The Morgan fingerprint density at radius 2 is 1.97 bits per heavy atom. The largest absolute Gasteiger partial charge is 0.442 e. The summed E-state index contributed by atoms with van der Waals surface area (Å²) in [4.78, 5) is 36.7. The van der Waals surface area contributed by atoms with Crippen LogP contribution in [0.15, 0.2) is 23.8 Å². The van der Waals surface area contributed by atoms with Crippen molar-refractivity contribution >= 4 is 18.3 Å². The minimum atomic E-state index is -0.512. The highest BCUT2D eigenvalue weighted by Crippen LogP contribution is 2.27. The SMILES string of the molecule is CC(C=O)=CC[C@@H]1O[C@H](C)[C@H](NC(=O)C=CC(C)OC(=O)N2CCOCC2)C[C@@H]1C. The molecule has 0 aliphatic carbocycles. The fourth-order valence-electron chi connectivity index (χ4n) is 3.54.